The zero-order valence-electron chi connectivity index (χ0n) is 20.8. The van der Waals surface area contributed by atoms with Crippen LogP contribution in [0.25, 0.3) is 11.1 Å². The van der Waals surface area contributed by atoms with E-state index in [4.69, 9.17) is 0 Å². The predicted molar refractivity (Wildman–Crippen MR) is 141 cm³/mol. The molecule has 0 aliphatic heterocycles. The van der Waals surface area contributed by atoms with Crippen LogP contribution in [0.2, 0.25) is 0 Å². The maximum Gasteiger partial charge on any atom is 0.248 e. The van der Waals surface area contributed by atoms with Crippen molar-refractivity contribution in [2.45, 2.75) is 38.5 Å². The zero-order chi connectivity index (χ0) is 24.9. The molecular weight excluding hydrogens is 438 g/mol. The maximum atomic E-state index is 13.0. The number of anilines is 2. The summed E-state index contributed by atoms with van der Waals surface area (Å²) in [6.45, 7) is 4.62. The first-order chi connectivity index (χ1) is 16.8. The number of nitrogens with zero attached hydrogens (tertiary/aromatic N) is 2. The number of aromatic amines is 1. The second kappa shape index (κ2) is 10.7. The fourth-order valence-corrected chi connectivity index (χ4v) is 3.97. The number of amides is 2. The first kappa shape index (κ1) is 24.4. The number of H-pyrrole nitrogens is 1. The summed E-state index contributed by atoms with van der Waals surface area (Å²) in [7, 11) is 3.90. The van der Waals surface area contributed by atoms with E-state index in [1.165, 1.54) is 12.8 Å². The molecular formula is C28H33N5O2. The number of aromatic nitrogens is 2. The van der Waals surface area contributed by atoms with Crippen LogP contribution in [0.3, 0.4) is 0 Å². The number of benzene rings is 2. The van der Waals surface area contributed by atoms with Crippen molar-refractivity contribution in [1.82, 2.24) is 15.1 Å². The Morgan fingerprint density at radius 1 is 1.11 bits per heavy atom. The van der Waals surface area contributed by atoms with E-state index in [0.717, 1.165) is 33.6 Å². The molecule has 4 rings (SSSR count). The van der Waals surface area contributed by atoms with Gasteiger partial charge in [0.1, 0.15) is 0 Å². The molecule has 0 saturated heterocycles. The lowest BCUT2D eigenvalue weighted by Crippen LogP contribution is -2.19. The molecule has 0 bridgehead atoms. The van der Waals surface area contributed by atoms with Crippen LogP contribution in [0, 0.1) is 6.92 Å². The summed E-state index contributed by atoms with van der Waals surface area (Å²) in [5.41, 5.74) is 5.85. The highest BCUT2D eigenvalue weighted by Crippen LogP contribution is 2.41. The Morgan fingerprint density at radius 3 is 2.54 bits per heavy atom. The zero-order valence-corrected chi connectivity index (χ0v) is 20.8. The van der Waals surface area contributed by atoms with E-state index in [2.05, 4.69) is 20.8 Å². The third-order valence-corrected chi connectivity index (χ3v) is 6.28. The van der Waals surface area contributed by atoms with E-state index in [1.807, 2.05) is 87.4 Å². The largest absolute Gasteiger partial charge is 0.323 e. The lowest BCUT2D eigenvalue weighted by molar-refractivity contribution is -0.117. The molecule has 35 heavy (non-hydrogen) atoms. The Bertz CT molecular complexity index is 1220. The first-order valence-electron chi connectivity index (χ1n) is 12.0. The standard InChI is InChI=1S/C28H33N5O2/c1-18(28(35)30-27-19(2)26(31-32-27)21-10-11-21)22-7-5-8-23(17-22)20-12-14-24(15-13-20)29-25(34)9-6-16-33(3)4/h5-9,12-15,17-18,21H,10-11,16H2,1-4H3,(H,29,34)(H2,30,31,32,35)/b9-6+. The van der Waals surface area contributed by atoms with Gasteiger partial charge in [0, 0.05) is 35.5 Å². The van der Waals surface area contributed by atoms with E-state index in [1.54, 1.807) is 6.08 Å². The van der Waals surface area contributed by atoms with Gasteiger partial charge in [0.05, 0.1) is 5.92 Å². The van der Waals surface area contributed by atoms with Crippen molar-refractivity contribution in [2.75, 3.05) is 31.3 Å². The molecule has 1 aliphatic rings. The van der Waals surface area contributed by atoms with E-state index >= 15 is 0 Å². The molecule has 1 heterocycles. The predicted octanol–water partition coefficient (Wildman–Crippen LogP) is 5.06. The molecule has 2 aromatic carbocycles. The normalized spacial score (nSPS) is 14.3. The smallest absolute Gasteiger partial charge is 0.248 e. The van der Waals surface area contributed by atoms with Gasteiger partial charge in [0.15, 0.2) is 5.82 Å². The number of nitrogens with one attached hydrogen (secondary N) is 3. The van der Waals surface area contributed by atoms with Crippen molar-refractivity contribution in [3.8, 4) is 11.1 Å². The van der Waals surface area contributed by atoms with Crippen LogP contribution in [0.4, 0.5) is 11.5 Å². The van der Waals surface area contributed by atoms with Gasteiger partial charge < -0.3 is 15.5 Å². The van der Waals surface area contributed by atoms with Crippen LogP contribution in [-0.4, -0.2) is 47.6 Å². The molecule has 7 nitrogen and oxygen atoms in total. The van der Waals surface area contributed by atoms with Crippen LogP contribution in [0.5, 0.6) is 0 Å². The van der Waals surface area contributed by atoms with Gasteiger partial charge in [0.2, 0.25) is 11.8 Å². The Hall–Kier alpha value is -3.71. The van der Waals surface area contributed by atoms with Gasteiger partial charge >= 0.3 is 0 Å². The van der Waals surface area contributed by atoms with Crippen LogP contribution in [0.1, 0.15) is 48.4 Å². The second-order valence-electron chi connectivity index (χ2n) is 9.45. The van der Waals surface area contributed by atoms with Gasteiger partial charge in [-0.15, -0.1) is 0 Å². The highest BCUT2D eigenvalue weighted by atomic mass is 16.2. The van der Waals surface area contributed by atoms with Gasteiger partial charge in [-0.25, -0.2) is 0 Å². The molecule has 7 heteroatoms. The minimum atomic E-state index is -0.331. The highest BCUT2D eigenvalue weighted by molar-refractivity contribution is 5.99. The van der Waals surface area contributed by atoms with Crippen molar-refractivity contribution in [3.63, 3.8) is 0 Å². The van der Waals surface area contributed by atoms with Gasteiger partial charge in [-0.3, -0.25) is 14.7 Å². The van der Waals surface area contributed by atoms with Crippen LogP contribution >= 0.6 is 0 Å². The van der Waals surface area contributed by atoms with E-state index in [0.29, 0.717) is 18.3 Å². The quantitative estimate of drug-likeness (QED) is 0.381. The monoisotopic (exact) mass is 471 g/mol. The third kappa shape index (κ3) is 6.25. The number of carbonyl (C=O) groups excluding carboxylic acids is 2. The fraction of sp³-hybridized carbons (Fsp3) is 0.321. The lowest BCUT2D eigenvalue weighted by atomic mass is 9.95. The SMILES string of the molecule is Cc1c(NC(=O)C(C)c2cccc(-c3ccc(NC(=O)/C=C/CN(C)C)cc3)c2)n[nH]c1C1CC1. The maximum absolute atomic E-state index is 13.0. The van der Waals surface area contributed by atoms with Gasteiger partial charge in [-0.2, -0.15) is 5.10 Å². The second-order valence-corrected chi connectivity index (χ2v) is 9.45. The average molecular weight is 472 g/mol. The van der Waals surface area contributed by atoms with Crippen molar-refractivity contribution in [3.05, 3.63) is 77.5 Å². The Morgan fingerprint density at radius 2 is 1.86 bits per heavy atom. The summed E-state index contributed by atoms with van der Waals surface area (Å²) in [6, 6.07) is 15.7. The summed E-state index contributed by atoms with van der Waals surface area (Å²) < 4.78 is 0. The molecule has 1 saturated carbocycles. The summed E-state index contributed by atoms with van der Waals surface area (Å²) in [6.07, 6.45) is 5.73. The third-order valence-electron chi connectivity index (χ3n) is 6.28. The molecule has 0 radical (unpaired) electrons. The van der Waals surface area contributed by atoms with E-state index < -0.39 is 0 Å². The summed E-state index contributed by atoms with van der Waals surface area (Å²) >= 11 is 0. The van der Waals surface area contributed by atoms with E-state index in [-0.39, 0.29) is 17.7 Å². The molecule has 3 aromatic rings. The molecule has 1 aliphatic carbocycles. The van der Waals surface area contributed by atoms with Crippen LogP contribution in [-0.2, 0) is 9.59 Å². The Labute approximate surface area is 206 Å². The van der Waals surface area contributed by atoms with Crippen LogP contribution in [0.15, 0.2) is 60.7 Å². The summed E-state index contributed by atoms with van der Waals surface area (Å²) in [4.78, 5) is 27.0. The van der Waals surface area contributed by atoms with Gasteiger partial charge in [-0.1, -0.05) is 42.5 Å². The Balaban J connectivity index is 1.40. The first-order valence-corrected chi connectivity index (χ1v) is 12.0. The van der Waals surface area contributed by atoms with Gasteiger partial charge in [-0.05, 0) is 69.6 Å². The van der Waals surface area contributed by atoms with Crippen molar-refractivity contribution < 1.29 is 9.59 Å². The van der Waals surface area contributed by atoms with Crippen molar-refractivity contribution in [2.24, 2.45) is 0 Å². The average Bonchev–Trinajstić information content (AvgIpc) is 3.62. The molecule has 1 unspecified atom stereocenters. The summed E-state index contributed by atoms with van der Waals surface area (Å²) in [5.74, 6) is 0.607. The number of hydrogen-bond acceptors (Lipinski definition) is 4. The number of rotatable bonds is 9. The van der Waals surface area contributed by atoms with Crippen molar-refractivity contribution >= 4 is 23.3 Å². The minimum absolute atomic E-state index is 0.0838. The minimum Gasteiger partial charge on any atom is -0.323 e. The number of likely N-dealkylation sites (N-methyl/N-ethyl adjacent to an activating group) is 1. The van der Waals surface area contributed by atoms with E-state index in [9.17, 15) is 9.59 Å². The molecule has 3 N–H and O–H groups in total. The molecule has 1 fully saturated rings. The number of hydrogen-bond donors (Lipinski definition) is 3. The van der Waals surface area contributed by atoms with Gasteiger partial charge in [0.25, 0.3) is 0 Å². The van der Waals surface area contributed by atoms with Crippen LogP contribution < -0.4 is 10.6 Å². The molecule has 0 spiro atoms. The number of carbonyl (C=O) groups is 2. The molecule has 182 valence electrons. The summed E-state index contributed by atoms with van der Waals surface area (Å²) in [5, 5.41) is 13.3. The Kier molecular flexibility index (Phi) is 7.46. The molecule has 1 aromatic heterocycles. The topological polar surface area (TPSA) is 90.1 Å². The lowest BCUT2D eigenvalue weighted by Gasteiger charge is -2.13. The highest BCUT2D eigenvalue weighted by Gasteiger charge is 2.29. The molecule has 1 atom stereocenters. The fourth-order valence-electron chi connectivity index (χ4n) is 3.97. The van der Waals surface area contributed by atoms with Crippen molar-refractivity contribution in [1.29, 1.82) is 0 Å². The molecule has 2 amide bonds.